The number of benzene rings is 7. The second-order valence-corrected chi connectivity index (χ2v) is 20.0. The number of carbonyl (C=O) groups excluding carboxylic acids is 3. The number of nitrogens with zero attached hydrogens (tertiary/aromatic N) is 6. The van der Waals surface area contributed by atoms with Crippen molar-refractivity contribution in [2.75, 3.05) is 0 Å². The smallest absolute Gasteiger partial charge is 0.282 e. The number of hydrogen-bond donors (Lipinski definition) is 0. The molecule has 1 atom stereocenters. The molecule has 9 aromatic rings. The number of azo groups is 2. The number of nitro groups is 2. The molecule has 0 saturated heterocycles. The van der Waals surface area contributed by atoms with Crippen molar-refractivity contribution in [3.8, 4) is 0 Å². The standard InChI is InChI=1S/C58H55N6O8/c1-3-5-7-9-11-13-15-17-19-49(65)41-29-40-43(31-46(41)63(69)70)60-62-45-28-27-36-34-23-26-39-53-38(25-22-33(51(34)53)35-21-24-37(54(45)52(35)36)56(67)55(40)62)57-59-44-32-47(64(71)72)42(30-48(44)61(57)58(39)68)50(66)20-18-16-14-12-10-8-6-4-2/h21-32,55H,3-20H2,1-2H3/q+1. The van der Waals surface area contributed by atoms with E-state index < -0.39 is 15.9 Å². The number of fused-ring (bicyclic) bond motifs is 10. The monoisotopic (exact) mass is 963 g/mol. The first-order valence-electron chi connectivity index (χ1n) is 25.9. The Morgan fingerprint density at radius 2 is 1.07 bits per heavy atom. The van der Waals surface area contributed by atoms with E-state index in [-0.39, 0.29) is 69.5 Å². The molecule has 7 aromatic carbocycles. The molecule has 364 valence electrons. The fraction of sp³-hybridized carbons (Fsp3) is 0.362. The van der Waals surface area contributed by atoms with E-state index >= 15 is 0 Å². The van der Waals surface area contributed by atoms with Crippen LogP contribution in [0.2, 0.25) is 0 Å². The molecule has 2 aliphatic heterocycles. The highest BCUT2D eigenvalue weighted by molar-refractivity contribution is 6.39. The quantitative estimate of drug-likeness (QED) is 0.0121. The molecule has 0 radical (unpaired) electrons. The molecule has 1 unspecified atom stereocenters. The predicted octanol–water partition coefficient (Wildman–Crippen LogP) is 15.4. The van der Waals surface area contributed by atoms with Gasteiger partial charge in [-0.15, -0.1) is 0 Å². The average Bonchev–Trinajstić information content (AvgIpc) is 3.96. The number of ketones is 3. The molecule has 0 amide bonds. The Morgan fingerprint density at radius 3 is 1.67 bits per heavy atom. The van der Waals surface area contributed by atoms with E-state index in [1.54, 1.807) is 10.8 Å². The van der Waals surface area contributed by atoms with Gasteiger partial charge in [0, 0.05) is 63.3 Å². The van der Waals surface area contributed by atoms with E-state index in [0.717, 1.165) is 83.7 Å². The Hall–Kier alpha value is -7.61. The Bertz CT molecular complexity index is 3830. The van der Waals surface area contributed by atoms with Gasteiger partial charge in [-0.25, -0.2) is 4.98 Å². The van der Waals surface area contributed by atoms with Crippen molar-refractivity contribution in [2.24, 2.45) is 5.11 Å². The molecule has 0 saturated carbocycles. The molecule has 0 spiro atoms. The maximum Gasteiger partial charge on any atom is 0.282 e. The zero-order valence-electron chi connectivity index (χ0n) is 40.7. The summed E-state index contributed by atoms with van der Waals surface area (Å²) in [5.74, 6) is -0.883. The van der Waals surface area contributed by atoms with Crippen molar-refractivity contribution in [1.29, 1.82) is 0 Å². The van der Waals surface area contributed by atoms with E-state index in [0.29, 0.717) is 62.4 Å². The molecule has 11 rings (SSSR count). The third-order valence-corrected chi connectivity index (χ3v) is 15.5. The molecule has 0 fully saturated rings. The van der Waals surface area contributed by atoms with Crippen LogP contribution in [0.15, 0.2) is 82.7 Å². The fourth-order valence-electron chi connectivity index (χ4n) is 11.9. The van der Waals surface area contributed by atoms with Crippen molar-refractivity contribution in [3.63, 3.8) is 0 Å². The number of hydrogen-bond acceptors (Lipinski definition) is 10. The lowest BCUT2D eigenvalue weighted by molar-refractivity contribution is -0.530. The van der Waals surface area contributed by atoms with Crippen LogP contribution in [-0.4, -0.2) is 41.3 Å². The van der Waals surface area contributed by atoms with Gasteiger partial charge in [0.25, 0.3) is 23.0 Å². The van der Waals surface area contributed by atoms with Crippen LogP contribution in [0.25, 0.3) is 70.5 Å². The van der Waals surface area contributed by atoms with Gasteiger partial charge in [0.2, 0.25) is 11.5 Å². The number of pyridine rings is 1. The molecule has 0 aliphatic carbocycles. The van der Waals surface area contributed by atoms with Gasteiger partial charge in [-0.1, -0.05) is 127 Å². The van der Waals surface area contributed by atoms with Crippen LogP contribution >= 0.6 is 0 Å². The first-order chi connectivity index (χ1) is 35.0. The highest BCUT2D eigenvalue weighted by atomic mass is 16.6. The SMILES string of the molecule is CCCCCCCCCCC(=O)c1cc2c(cc1[N+](=O)[O-])N=[N+]1c3ccc4c5ccc6c(=O)n7c8cc(C(=O)CCCCCCCCCC)c([N+](=O)[O-])cc8nc7c7ccc(c8ccc(c3c48)C(=O)C21)c5c67. The minimum absolute atomic E-state index is 0.00116. The average molecular weight is 964 g/mol. The number of imidazole rings is 1. The van der Waals surface area contributed by atoms with Gasteiger partial charge in [0.1, 0.15) is 11.3 Å². The summed E-state index contributed by atoms with van der Waals surface area (Å²) in [4.78, 5) is 85.5. The highest BCUT2D eigenvalue weighted by Crippen LogP contribution is 2.53. The van der Waals surface area contributed by atoms with Crippen LogP contribution in [0.1, 0.15) is 172 Å². The Balaban J connectivity index is 0.963. The molecule has 0 N–H and O–H groups in total. The molecule has 2 aliphatic rings. The number of Topliss-reactive ketones (excluding diaryl/α,β-unsaturated/α-hetero) is 3. The third kappa shape index (κ3) is 7.56. The number of nitro benzene ring substituents is 2. The van der Waals surface area contributed by atoms with Gasteiger partial charge in [0.15, 0.2) is 11.6 Å². The van der Waals surface area contributed by atoms with Gasteiger partial charge in [-0.2, -0.15) is 0 Å². The number of carbonyl (C=O) groups is 3. The van der Waals surface area contributed by atoms with Gasteiger partial charge in [-0.05, 0) is 76.2 Å². The lowest BCUT2D eigenvalue weighted by Gasteiger charge is -2.21. The normalized spacial score (nSPS) is 14.2. The van der Waals surface area contributed by atoms with Gasteiger partial charge >= 0.3 is 0 Å². The number of rotatable bonds is 22. The van der Waals surface area contributed by atoms with Crippen LogP contribution in [0.4, 0.5) is 22.7 Å². The first-order valence-corrected chi connectivity index (χ1v) is 25.9. The van der Waals surface area contributed by atoms with Crippen molar-refractivity contribution in [1.82, 2.24) is 9.38 Å². The second-order valence-electron chi connectivity index (χ2n) is 20.0. The molecular formula is C58H55N6O8+. The highest BCUT2D eigenvalue weighted by Gasteiger charge is 2.49. The lowest BCUT2D eigenvalue weighted by atomic mass is 9.82. The summed E-state index contributed by atoms with van der Waals surface area (Å²) in [6.45, 7) is 4.36. The molecule has 0 bridgehead atoms. The van der Waals surface area contributed by atoms with Crippen LogP contribution < -0.4 is 5.56 Å². The van der Waals surface area contributed by atoms with Crippen molar-refractivity contribution >= 4 is 111 Å². The number of aromatic nitrogens is 2. The fourth-order valence-corrected chi connectivity index (χ4v) is 11.9. The Labute approximate surface area is 413 Å². The lowest BCUT2D eigenvalue weighted by Crippen LogP contribution is -2.24. The van der Waals surface area contributed by atoms with Crippen LogP contribution in [0, 0.1) is 20.2 Å². The predicted molar refractivity (Wildman–Crippen MR) is 281 cm³/mol. The van der Waals surface area contributed by atoms with E-state index in [1.807, 2.05) is 42.5 Å². The summed E-state index contributed by atoms with van der Waals surface area (Å²) in [5.41, 5.74) is 1.72. The van der Waals surface area contributed by atoms with Crippen molar-refractivity contribution in [3.05, 3.63) is 126 Å². The number of unbranched alkanes of at least 4 members (excludes halogenated alkanes) is 14. The maximum atomic E-state index is 14.8. The van der Waals surface area contributed by atoms with Crippen LogP contribution in [0.5, 0.6) is 0 Å². The second kappa shape index (κ2) is 18.9. The van der Waals surface area contributed by atoms with Crippen molar-refractivity contribution in [2.45, 2.75) is 135 Å². The minimum atomic E-state index is -0.916. The van der Waals surface area contributed by atoms with Crippen molar-refractivity contribution < 1.29 is 28.9 Å². The first kappa shape index (κ1) is 46.8. The molecular weight excluding hydrogens is 909 g/mol. The van der Waals surface area contributed by atoms with E-state index in [2.05, 4.69) is 13.8 Å². The van der Waals surface area contributed by atoms with Crippen LogP contribution in [-0.2, 0) is 0 Å². The topological polar surface area (TPSA) is 187 Å². The third-order valence-electron chi connectivity index (χ3n) is 15.5. The Kier molecular flexibility index (Phi) is 12.2. The zero-order chi connectivity index (χ0) is 49.9. The van der Waals surface area contributed by atoms with E-state index in [1.165, 1.54) is 67.2 Å². The van der Waals surface area contributed by atoms with Gasteiger partial charge < -0.3 is 0 Å². The summed E-state index contributed by atoms with van der Waals surface area (Å²) in [6, 6.07) is 19.9. The molecule has 4 heterocycles. The van der Waals surface area contributed by atoms with Gasteiger partial charge in [-0.3, -0.25) is 43.8 Å². The van der Waals surface area contributed by atoms with E-state index in [9.17, 15) is 39.4 Å². The summed E-state index contributed by atoms with van der Waals surface area (Å²) >= 11 is 0. The summed E-state index contributed by atoms with van der Waals surface area (Å²) < 4.78 is 3.11. The van der Waals surface area contributed by atoms with Crippen LogP contribution in [0.3, 0.4) is 0 Å². The zero-order valence-corrected chi connectivity index (χ0v) is 40.7. The van der Waals surface area contributed by atoms with Gasteiger partial charge in [0.05, 0.1) is 43.0 Å². The molecule has 72 heavy (non-hydrogen) atoms. The summed E-state index contributed by atoms with van der Waals surface area (Å²) in [5, 5.41) is 37.2. The molecule has 2 aromatic heterocycles. The molecule has 14 nitrogen and oxygen atoms in total. The summed E-state index contributed by atoms with van der Waals surface area (Å²) in [6.07, 6.45) is 17.1. The Morgan fingerprint density at radius 1 is 0.583 bits per heavy atom. The minimum Gasteiger partial charge on any atom is -0.294 e. The molecule has 14 heteroatoms. The maximum absolute atomic E-state index is 14.8. The van der Waals surface area contributed by atoms with E-state index in [4.69, 9.17) is 10.1 Å². The largest absolute Gasteiger partial charge is 0.294 e. The summed E-state index contributed by atoms with van der Waals surface area (Å²) in [7, 11) is 0.